The molecule has 4 aromatic rings. The van der Waals surface area contributed by atoms with Crippen molar-refractivity contribution in [3.8, 4) is 23.0 Å². The van der Waals surface area contributed by atoms with E-state index >= 15 is 0 Å². The Morgan fingerprint density at radius 1 is 0.805 bits per heavy atom. The number of hydrogen-bond acceptors (Lipinski definition) is 7. The minimum absolute atomic E-state index is 0.259. The van der Waals surface area contributed by atoms with E-state index in [2.05, 4.69) is 10.5 Å². The van der Waals surface area contributed by atoms with Gasteiger partial charge in [-0.25, -0.2) is 10.2 Å². The number of amides is 1. The predicted octanol–water partition coefficient (Wildman–Crippen LogP) is 6.35. The van der Waals surface area contributed by atoms with Crippen LogP contribution in [0.1, 0.15) is 50.8 Å². The van der Waals surface area contributed by atoms with Crippen molar-refractivity contribution < 1.29 is 28.5 Å². The van der Waals surface area contributed by atoms with Gasteiger partial charge in [0.05, 0.1) is 25.5 Å². The lowest BCUT2D eigenvalue weighted by Gasteiger charge is -2.10. The van der Waals surface area contributed by atoms with Crippen LogP contribution in [0.2, 0.25) is 0 Å². The summed E-state index contributed by atoms with van der Waals surface area (Å²) in [5, 5.41) is 4.04. The highest BCUT2D eigenvalue weighted by Crippen LogP contribution is 2.28. The number of esters is 1. The highest BCUT2D eigenvalue weighted by Gasteiger charge is 2.13. The normalized spacial score (nSPS) is 10.7. The first-order valence-electron chi connectivity index (χ1n) is 13.2. The maximum Gasteiger partial charge on any atom is 0.343 e. The molecule has 0 fully saturated rings. The Labute approximate surface area is 239 Å². The molecule has 0 bridgehead atoms. The van der Waals surface area contributed by atoms with Crippen molar-refractivity contribution in [1.82, 2.24) is 5.43 Å². The molecule has 0 atom stereocenters. The van der Waals surface area contributed by atoms with Crippen LogP contribution in [0.3, 0.4) is 0 Å². The van der Waals surface area contributed by atoms with E-state index in [1.807, 2.05) is 38.1 Å². The highest BCUT2D eigenvalue weighted by molar-refractivity contribution is 5.95. The summed E-state index contributed by atoms with van der Waals surface area (Å²) in [5.74, 6) is 1.07. The second kappa shape index (κ2) is 14.3. The van der Waals surface area contributed by atoms with Gasteiger partial charge in [-0.1, -0.05) is 36.8 Å². The first-order valence-corrected chi connectivity index (χ1v) is 13.2. The Bertz CT molecular complexity index is 1480. The molecule has 0 saturated carbocycles. The van der Waals surface area contributed by atoms with Crippen LogP contribution >= 0.6 is 0 Å². The van der Waals surface area contributed by atoms with E-state index in [0.29, 0.717) is 47.2 Å². The van der Waals surface area contributed by atoms with Crippen LogP contribution < -0.4 is 24.4 Å². The van der Waals surface area contributed by atoms with E-state index in [4.69, 9.17) is 18.9 Å². The summed E-state index contributed by atoms with van der Waals surface area (Å²) >= 11 is 0. The molecule has 0 heterocycles. The molecule has 1 N–H and O–H groups in total. The molecule has 0 unspecified atom stereocenters. The molecule has 0 spiro atoms. The van der Waals surface area contributed by atoms with Gasteiger partial charge in [0, 0.05) is 5.56 Å². The van der Waals surface area contributed by atoms with Crippen LogP contribution in [0.5, 0.6) is 23.0 Å². The largest absolute Gasteiger partial charge is 0.494 e. The molecule has 0 aliphatic carbocycles. The van der Waals surface area contributed by atoms with Gasteiger partial charge >= 0.3 is 5.97 Å². The Morgan fingerprint density at radius 2 is 1.46 bits per heavy atom. The van der Waals surface area contributed by atoms with Crippen molar-refractivity contribution in [1.29, 1.82) is 0 Å². The first kappa shape index (κ1) is 28.9. The fraction of sp³-hybridized carbons (Fsp3) is 0.182. The van der Waals surface area contributed by atoms with Crippen molar-refractivity contribution in [3.63, 3.8) is 0 Å². The minimum Gasteiger partial charge on any atom is -0.494 e. The second-order valence-corrected chi connectivity index (χ2v) is 9.17. The molecule has 8 heteroatoms. The van der Waals surface area contributed by atoms with E-state index in [1.54, 1.807) is 66.7 Å². The number of hydrazone groups is 1. The molecule has 0 saturated heterocycles. The van der Waals surface area contributed by atoms with Crippen LogP contribution in [-0.4, -0.2) is 31.8 Å². The molecule has 0 radical (unpaired) electrons. The number of nitrogens with one attached hydrogen (secondary N) is 1. The summed E-state index contributed by atoms with van der Waals surface area (Å²) in [6.45, 7) is 5.12. The lowest BCUT2D eigenvalue weighted by molar-refractivity contribution is 0.0729. The maximum atomic E-state index is 12.6. The smallest absolute Gasteiger partial charge is 0.343 e. The van der Waals surface area contributed by atoms with E-state index in [0.717, 1.165) is 12.0 Å². The molecule has 0 aliphatic rings. The number of benzene rings is 4. The molecule has 210 valence electrons. The summed E-state index contributed by atoms with van der Waals surface area (Å²) in [6, 6.07) is 26.7. The maximum absolute atomic E-state index is 12.6. The van der Waals surface area contributed by atoms with E-state index in [9.17, 15) is 9.59 Å². The number of nitrogens with zero attached hydrogens (tertiary/aromatic N) is 1. The lowest BCUT2D eigenvalue weighted by Crippen LogP contribution is -2.17. The van der Waals surface area contributed by atoms with Crippen LogP contribution in [0.15, 0.2) is 96.1 Å². The van der Waals surface area contributed by atoms with Crippen molar-refractivity contribution in [2.24, 2.45) is 5.10 Å². The quantitative estimate of drug-likeness (QED) is 0.0952. The fourth-order valence-corrected chi connectivity index (χ4v) is 3.70. The van der Waals surface area contributed by atoms with Gasteiger partial charge in [-0.15, -0.1) is 0 Å². The summed E-state index contributed by atoms with van der Waals surface area (Å²) in [4.78, 5) is 25.1. The van der Waals surface area contributed by atoms with Crippen LogP contribution in [0, 0.1) is 6.92 Å². The summed E-state index contributed by atoms with van der Waals surface area (Å²) in [5.41, 5.74) is 6.23. The second-order valence-electron chi connectivity index (χ2n) is 9.17. The van der Waals surface area contributed by atoms with Crippen molar-refractivity contribution >= 4 is 18.1 Å². The molecular formula is C33H32N2O6. The monoisotopic (exact) mass is 552 g/mol. The lowest BCUT2D eigenvalue weighted by atomic mass is 10.2. The third kappa shape index (κ3) is 8.44. The predicted molar refractivity (Wildman–Crippen MR) is 157 cm³/mol. The highest BCUT2D eigenvalue weighted by atomic mass is 16.6. The zero-order valence-electron chi connectivity index (χ0n) is 23.3. The SMILES string of the molecule is CCCOc1ccc(C(=O)Oc2ccc(/C=N/NC(=O)c3ccc(OCc4ccc(C)cc4)cc3)cc2OC)cc1. The van der Waals surface area contributed by atoms with E-state index in [1.165, 1.54) is 18.9 Å². The van der Waals surface area contributed by atoms with E-state index in [-0.39, 0.29) is 11.7 Å². The molecule has 0 aromatic heterocycles. The Balaban J connectivity index is 1.30. The molecule has 1 amide bonds. The molecule has 4 aromatic carbocycles. The van der Waals surface area contributed by atoms with Gasteiger partial charge in [0.15, 0.2) is 11.5 Å². The topological polar surface area (TPSA) is 95.5 Å². The Morgan fingerprint density at radius 3 is 2.12 bits per heavy atom. The average molecular weight is 553 g/mol. The van der Waals surface area contributed by atoms with Gasteiger partial charge < -0.3 is 18.9 Å². The number of carbonyl (C=O) groups excluding carboxylic acids is 2. The fourth-order valence-electron chi connectivity index (χ4n) is 3.70. The number of rotatable bonds is 12. The van der Waals surface area contributed by atoms with Gasteiger partial charge in [-0.05, 0) is 91.2 Å². The standard InChI is InChI=1S/C33H32N2O6/c1-4-19-39-28-16-12-27(13-17-28)33(37)41-30-18-9-25(20-31(30)38-3)21-34-35-32(36)26-10-14-29(15-11-26)40-22-24-7-5-23(2)6-8-24/h5-18,20-21H,4,19,22H2,1-3H3,(H,35,36)/b34-21+. The van der Waals surface area contributed by atoms with Gasteiger partial charge in [-0.3, -0.25) is 4.79 Å². The number of methoxy groups -OCH3 is 1. The summed E-state index contributed by atoms with van der Waals surface area (Å²) < 4.78 is 22.3. The number of carbonyl (C=O) groups is 2. The van der Waals surface area contributed by atoms with Crippen molar-refractivity contribution in [3.05, 3.63) is 119 Å². The molecule has 4 rings (SSSR count). The van der Waals surface area contributed by atoms with E-state index < -0.39 is 5.97 Å². The average Bonchev–Trinajstić information content (AvgIpc) is 3.00. The zero-order valence-corrected chi connectivity index (χ0v) is 23.3. The van der Waals surface area contributed by atoms with Crippen LogP contribution in [-0.2, 0) is 6.61 Å². The number of ether oxygens (including phenoxy) is 4. The van der Waals surface area contributed by atoms with Gasteiger partial charge in [0.25, 0.3) is 5.91 Å². The molecular weight excluding hydrogens is 520 g/mol. The van der Waals surface area contributed by atoms with Crippen LogP contribution in [0.25, 0.3) is 0 Å². The van der Waals surface area contributed by atoms with Gasteiger partial charge in [0.2, 0.25) is 0 Å². The number of aryl methyl sites for hydroxylation is 1. The summed E-state index contributed by atoms with van der Waals surface area (Å²) in [7, 11) is 1.48. The van der Waals surface area contributed by atoms with Crippen LogP contribution in [0.4, 0.5) is 0 Å². The minimum atomic E-state index is -0.523. The first-order chi connectivity index (χ1) is 19.9. The molecule has 0 aliphatic heterocycles. The number of hydrogen-bond donors (Lipinski definition) is 1. The Hall–Kier alpha value is -5.11. The Kier molecular flexibility index (Phi) is 10.1. The van der Waals surface area contributed by atoms with Gasteiger partial charge in [0.1, 0.15) is 18.1 Å². The van der Waals surface area contributed by atoms with Crippen molar-refractivity contribution in [2.45, 2.75) is 26.9 Å². The third-order valence-electron chi connectivity index (χ3n) is 5.98. The molecule has 8 nitrogen and oxygen atoms in total. The molecule has 41 heavy (non-hydrogen) atoms. The zero-order chi connectivity index (χ0) is 29.0. The summed E-state index contributed by atoms with van der Waals surface area (Å²) in [6.07, 6.45) is 2.37. The van der Waals surface area contributed by atoms with Gasteiger partial charge in [-0.2, -0.15) is 5.10 Å². The third-order valence-corrected chi connectivity index (χ3v) is 5.98. The van der Waals surface area contributed by atoms with Crippen molar-refractivity contribution in [2.75, 3.05) is 13.7 Å².